The molecule has 2 aromatic carbocycles. The van der Waals surface area contributed by atoms with Gasteiger partial charge in [0.2, 0.25) is 5.56 Å². The second-order valence-electron chi connectivity index (χ2n) is 13.8. The number of piperidine rings is 1. The molecule has 2 aliphatic rings. The molecule has 1 aliphatic carbocycles. The normalized spacial score (nSPS) is 18.6. The van der Waals surface area contributed by atoms with Gasteiger partial charge in [0.1, 0.15) is 0 Å². The van der Waals surface area contributed by atoms with Crippen LogP contribution >= 0.6 is 0 Å². The van der Waals surface area contributed by atoms with Gasteiger partial charge < -0.3 is 30.2 Å². The van der Waals surface area contributed by atoms with Gasteiger partial charge in [-0.3, -0.25) is 4.79 Å². The summed E-state index contributed by atoms with van der Waals surface area (Å²) in [5.74, 6) is -0.199. The molecule has 5 rings (SSSR count). The predicted octanol–water partition coefficient (Wildman–Crippen LogP) is 6.22. The molecule has 0 amide bonds. The topological polar surface area (TPSA) is 115 Å². The summed E-state index contributed by atoms with van der Waals surface area (Å²) in [4.78, 5) is 30.7. The van der Waals surface area contributed by atoms with Crippen molar-refractivity contribution < 1.29 is 19.7 Å². The number of nitrogens with one attached hydrogen (secondary N) is 2. The fourth-order valence-electron chi connectivity index (χ4n) is 7.56. The number of aromatic amines is 1. The van der Waals surface area contributed by atoms with Crippen molar-refractivity contribution in [3.05, 3.63) is 82.1 Å². The van der Waals surface area contributed by atoms with E-state index in [1.54, 1.807) is 0 Å². The van der Waals surface area contributed by atoms with E-state index in [4.69, 9.17) is 4.74 Å². The largest absolute Gasteiger partial charge is 0.463 e. The lowest BCUT2D eigenvalue weighted by Crippen LogP contribution is -2.46. The first-order valence-electron chi connectivity index (χ1n) is 18.1. The van der Waals surface area contributed by atoms with Crippen LogP contribution in [0.2, 0.25) is 0 Å². The zero-order chi connectivity index (χ0) is 32.9. The van der Waals surface area contributed by atoms with Gasteiger partial charge in [-0.05, 0) is 87.8 Å². The highest BCUT2D eigenvalue weighted by Gasteiger charge is 2.47. The summed E-state index contributed by atoms with van der Waals surface area (Å²) in [5, 5.41) is 26.7. The number of H-pyrrole nitrogens is 1. The molecule has 47 heavy (non-hydrogen) atoms. The number of carbonyl (C=O) groups is 1. The van der Waals surface area contributed by atoms with E-state index in [0.717, 1.165) is 82.0 Å². The molecule has 1 saturated heterocycles. The quantitative estimate of drug-likeness (QED) is 0.102. The van der Waals surface area contributed by atoms with E-state index in [1.165, 1.54) is 44.6 Å². The van der Waals surface area contributed by atoms with Gasteiger partial charge in [-0.1, -0.05) is 93.5 Å². The number of hydrogen-bond acceptors (Lipinski definition) is 7. The third-order valence-electron chi connectivity index (χ3n) is 10.4. The van der Waals surface area contributed by atoms with E-state index in [9.17, 15) is 19.8 Å². The molecule has 1 unspecified atom stereocenters. The van der Waals surface area contributed by atoms with Crippen LogP contribution in [0.4, 0.5) is 0 Å². The molecule has 0 bridgehead atoms. The number of ether oxygens (including phenoxy) is 1. The molecule has 4 N–H and O–H groups in total. The van der Waals surface area contributed by atoms with Gasteiger partial charge in [0.25, 0.3) is 0 Å². The summed E-state index contributed by atoms with van der Waals surface area (Å²) in [7, 11) is 0. The van der Waals surface area contributed by atoms with Gasteiger partial charge in [0.15, 0.2) is 5.60 Å². The lowest BCUT2D eigenvalue weighted by molar-refractivity contribution is -0.177. The number of likely N-dealkylation sites (tertiary alicyclic amines) is 1. The number of aliphatic hydroxyl groups excluding tert-OH is 1. The third-order valence-corrected chi connectivity index (χ3v) is 10.4. The Labute approximate surface area is 279 Å². The molecule has 3 aromatic rings. The average molecular weight is 646 g/mol. The number of aliphatic hydroxyl groups is 2. The molecule has 0 radical (unpaired) electrons. The Bertz CT molecular complexity index is 1430. The predicted molar refractivity (Wildman–Crippen MR) is 187 cm³/mol. The van der Waals surface area contributed by atoms with Gasteiger partial charge in [0.05, 0.1) is 12.7 Å². The lowest BCUT2D eigenvalue weighted by atomic mass is 9.73. The van der Waals surface area contributed by atoms with E-state index in [0.29, 0.717) is 30.2 Å². The minimum atomic E-state index is -1.55. The molecule has 1 saturated carbocycles. The number of rotatable bonds is 17. The molecule has 1 aliphatic heterocycles. The SMILES string of the molecule is O=C(OCC1CCN(CCCCCCCCNC[C@H](O)c2cc(=O)[nH]c3ccccc23)CC1)C(O)(c1ccccc1)C1CCCCC1. The Morgan fingerprint density at radius 3 is 2.36 bits per heavy atom. The second-order valence-corrected chi connectivity index (χ2v) is 13.8. The van der Waals surface area contributed by atoms with E-state index < -0.39 is 17.7 Å². The number of aromatic nitrogens is 1. The van der Waals surface area contributed by atoms with Crippen molar-refractivity contribution in [1.29, 1.82) is 0 Å². The first kappa shape index (κ1) is 35.3. The zero-order valence-corrected chi connectivity index (χ0v) is 28.0. The summed E-state index contributed by atoms with van der Waals surface area (Å²) >= 11 is 0. The van der Waals surface area contributed by atoms with E-state index >= 15 is 0 Å². The third kappa shape index (κ3) is 9.75. The number of hydrogen-bond donors (Lipinski definition) is 4. The molecule has 2 atom stereocenters. The molecule has 2 heterocycles. The van der Waals surface area contributed by atoms with E-state index in [-0.39, 0.29) is 11.5 Å². The van der Waals surface area contributed by atoms with Gasteiger partial charge >= 0.3 is 5.97 Å². The molecular weight excluding hydrogens is 590 g/mol. The van der Waals surface area contributed by atoms with Crippen molar-refractivity contribution in [2.75, 3.05) is 39.3 Å². The molecule has 8 nitrogen and oxygen atoms in total. The van der Waals surface area contributed by atoms with E-state index in [1.807, 2.05) is 54.6 Å². The summed E-state index contributed by atoms with van der Waals surface area (Å²) in [6.07, 6.45) is 13.5. The smallest absolute Gasteiger partial charge is 0.343 e. The summed E-state index contributed by atoms with van der Waals surface area (Å²) in [6, 6.07) is 18.5. The van der Waals surface area contributed by atoms with Crippen LogP contribution < -0.4 is 10.9 Å². The van der Waals surface area contributed by atoms with Crippen LogP contribution in [0.25, 0.3) is 10.9 Å². The molecular formula is C39H55N3O5. The lowest BCUT2D eigenvalue weighted by Gasteiger charge is -2.37. The van der Waals surface area contributed by atoms with Crippen LogP contribution in [0.15, 0.2) is 65.5 Å². The minimum Gasteiger partial charge on any atom is -0.463 e. The second kappa shape index (κ2) is 17.9. The maximum absolute atomic E-state index is 13.4. The molecule has 0 spiro atoms. The highest BCUT2D eigenvalue weighted by atomic mass is 16.5. The minimum absolute atomic E-state index is 0.0841. The highest BCUT2D eigenvalue weighted by Crippen LogP contribution is 2.40. The first-order valence-corrected chi connectivity index (χ1v) is 18.1. The fraction of sp³-hybridized carbons (Fsp3) is 0.590. The standard InChI is InChI=1S/C39H55N3O5/c43-36(34-27-37(44)41-35-20-12-11-19-33(34)35)28-40-23-13-3-1-2-4-14-24-42-25-21-30(22-26-42)29-47-38(45)39(46,31-15-7-5-8-16-31)32-17-9-6-10-18-32/h5,7-8,11-12,15-16,19-20,27,30,32,36,40,43,46H,1-4,6,9-10,13-14,17-18,21-26,28-29H2,(H,41,44)/t36-,39?/m0/s1. The zero-order valence-electron chi connectivity index (χ0n) is 28.0. The number of benzene rings is 2. The van der Waals surface area contributed by atoms with Crippen LogP contribution in [0.1, 0.15) is 101 Å². The molecule has 2 fully saturated rings. The molecule has 1 aromatic heterocycles. The molecule has 256 valence electrons. The number of para-hydroxylation sites is 1. The maximum Gasteiger partial charge on any atom is 0.343 e. The monoisotopic (exact) mass is 645 g/mol. The number of esters is 1. The van der Waals surface area contributed by atoms with Crippen LogP contribution in [0, 0.1) is 11.8 Å². The van der Waals surface area contributed by atoms with Crippen molar-refractivity contribution >= 4 is 16.9 Å². The Balaban J connectivity index is 0.905. The fourth-order valence-corrected chi connectivity index (χ4v) is 7.56. The number of nitrogens with zero attached hydrogens (tertiary/aromatic N) is 1. The number of carbonyl (C=O) groups excluding carboxylic acids is 1. The number of pyridine rings is 1. The van der Waals surface area contributed by atoms with Crippen molar-refractivity contribution in [2.24, 2.45) is 11.8 Å². The summed E-state index contributed by atoms with van der Waals surface area (Å²) in [5.41, 5.74) is 0.340. The van der Waals surface area contributed by atoms with Crippen LogP contribution in [-0.4, -0.2) is 65.4 Å². The van der Waals surface area contributed by atoms with Crippen molar-refractivity contribution in [3.8, 4) is 0 Å². The van der Waals surface area contributed by atoms with Gasteiger partial charge in [-0.15, -0.1) is 0 Å². The Kier molecular flexibility index (Phi) is 13.5. The average Bonchev–Trinajstić information content (AvgIpc) is 3.11. The molecule has 8 heteroatoms. The number of fused-ring (bicyclic) bond motifs is 1. The van der Waals surface area contributed by atoms with Crippen LogP contribution in [0.3, 0.4) is 0 Å². The van der Waals surface area contributed by atoms with Crippen molar-refractivity contribution in [1.82, 2.24) is 15.2 Å². The maximum atomic E-state index is 13.4. The van der Waals surface area contributed by atoms with Gasteiger partial charge in [-0.2, -0.15) is 0 Å². The van der Waals surface area contributed by atoms with Crippen molar-refractivity contribution in [3.63, 3.8) is 0 Å². The van der Waals surface area contributed by atoms with Crippen LogP contribution in [-0.2, 0) is 15.1 Å². The van der Waals surface area contributed by atoms with Gasteiger partial charge in [0, 0.05) is 29.4 Å². The highest BCUT2D eigenvalue weighted by molar-refractivity contribution is 5.82. The Hall–Kier alpha value is -3.04. The summed E-state index contributed by atoms with van der Waals surface area (Å²) in [6.45, 7) is 4.89. The van der Waals surface area contributed by atoms with Crippen LogP contribution in [0.5, 0.6) is 0 Å². The summed E-state index contributed by atoms with van der Waals surface area (Å²) < 4.78 is 5.86. The Morgan fingerprint density at radius 2 is 1.60 bits per heavy atom. The van der Waals surface area contributed by atoms with E-state index in [2.05, 4.69) is 15.2 Å². The van der Waals surface area contributed by atoms with Gasteiger partial charge in [-0.25, -0.2) is 4.79 Å². The first-order chi connectivity index (χ1) is 22.9. The Morgan fingerprint density at radius 1 is 0.915 bits per heavy atom. The van der Waals surface area contributed by atoms with Crippen molar-refractivity contribution in [2.45, 2.75) is 95.2 Å². The number of unbranched alkanes of at least 4 members (excludes halogenated alkanes) is 5.